The maximum absolute atomic E-state index is 5.03. The van der Waals surface area contributed by atoms with Gasteiger partial charge in [-0.15, -0.1) is 0 Å². The number of piperidine rings is 1. The average Bonchev–Trinajstić information content (AvgIpc) is 2.41. The molecule has 0 spiro atoms. The normalized spacial score (nSPS) is 20.2. The highest BCUT2D eigenvalue weighted by Gasteiger charge is 2.11. The van der Waals surface area contributed by atoms with Crippen LogP contribution in [0, 0.1) is 0 Å². The number of pyridine rings is 1. The van der Waals surface area contributed by atoms with Crippen LogP contribution in [0.4, 0.5) is 0 Å². The third-order valence-electron chi connectivity index (χ3n) is 3.14. The van der Waals surface area contributed by atoms with Gasteiger partial charge in [0.15, 0.2) is 0 Å². The van der Waals surface area contributed by atoms with Crippen LogP contribution in [0.15, 0.2) is 18.3 Å². The zero-order valence-corrected chi connectivity index (χ0v) is 10.4. The van der Waals surface area contributed by atoms with E-state index in [1.165, 1.54) is 24.8 Å². The summed E-state index contributed by atoms with van der Waals surface area (Å²) in [6.07, 6.45) is 5.82. The van der Waals surface area contributed by atoms with Crippen molar-refractivity contribution >= 4 is 0 Å². The molecule has 1 aliphatic rings. The Labute approximate surface area is 103 Å². The van der Waals surface area contributed by atoms with Crippen LogP contribution in [0.3, 0.4) is 0 Å². The smallest absolute Gasteiger partial charge is 0.212 e. The highest BCUT2D eigenvalue weighted by molar-refractivity contribution is 5.17. The molecule has 0 aromatic carbocycles. The first-order valence-electron chi connectivity index (χ1n) is 6.31. The van der Waals surface area contributed by atoms with Crippen molar-refractivity contribution < 1.29 is 4.74 Å². The fourth-order valence-corrected chi connectivity index (χ4v) is 2.13. The third kappa shape index (κ3) is 3.98. The maximum Gasteiger partial charge on any atom is 0.212 e. The molecule has 2 rings (SSSR count). The predicted molar refractivity (Wildman–Crippen MR) is 68.1 cm³/mol. The van der Waals surface area contributed by atoms with E-state index in [0.717, 1.165) is 19.6 Å². The van der Waals surface area contributed by atoms with Crippen LogP contribution in [-0.4, -0.2) is 31.2 Å². The van der Waals surface area contributed by atoms with Crippen LogP contribution in [-0.2, 0) is 6.54 Å². The Kier molecular flexibility index (Phi) is 4.76. The molecule has 17 heavy (non-hydrogen) atoms. The summed E-state index contributed by atoms with van der Waals surface area (Å²) in [5.41, 5.74) is 1.20. The molecule has 2 N–H and O–H groups in total. The van der Waals surface area contributed by atoms with Crippen LogP contribution in [0.1, 0.15) is 24.8 Å². The summed E-state index contributed by atoms with van der Waals surface area (Å²) in [5, 5.41) is 6.99. The lowest BCUT2D eigenvalue weighted by atomic mass is 10.1. The molecule has 1 atom stereocenters. The molecule has 2 heterocycles. The van der Waals surface area contributed by atoms with Gasteiger partial charge >= 0.3 is 0 Å². The van der Waals surface area contributed by atoms with Gasteiger partial charge in [-0.05, 0) is 24.9 Å². The second-order valence-corrected chi connectivity index (χ2v) is 4.49. The summed E-state index contributed by atoms with van der Waals surface area (Å²) >= 11 is 0. The van der Waals surface area contributed by atoms with E-state index in [2.05, 4.69) is 15.6 Å². The standard InChI is InChI=1S/C13H21N3O/c1-17-13-6-5-11(9-16-13)8-14-10-12-4-2-3-7-15-12/h5-6,9,12,14-15H,2-4,7-8,10H2,1H3. The summed E-state index contributed by atoms with van der Waals surface area (Å²) in [6, 6.07) is 4.58. The van der Waals surface area contributed by atoms with E-state index >= 15 is 0 Å². The molecule has 1 fully saturated rings. The summed E-state index contributed by atoms with van der Waals surface area (Å²) in [6.45, 7) is 3.07. The minimum Gasteiger partial charge on any atom is -0.481 e. The lowest BCUT2D eigenvalue weighted by Gasteiger charge is -2.23. The van der Waals surface area contributed by atoms with E-state index in [-0.39, 0.29) is 0 Å². The van der Waals surface area contributed by atoms with E-state index < -0.39 is 0 Å². The van der Waals surface area contributed by atoms with Crippen LogP contribution >= 0.6 is 0 Å². The lowest BCUT2D eigenvalue weighted by molar-refractivity contribution is 0.382. The molecule has 94 valence electrons. The zero-order chi connectivity index (χ0) is 11.9. The van der Waals surface area contributed by atoms with Gasteiger partial charge in [-0.25, -0.2) is 4.98 Å². The largest absolute Gasteiger partial charge is 0.481 e. The fourth-order valence-electron chi connectivity index (χ4n) is 2.13. The first kappa shape index (κ1) is 12.3. The van der Waals surface area contributed by atoms with Gasteiger partial charge < -0.3 is 15.4 Å². The second kappa shape index (κ2) is 6.57. The van der Waals surface area contributed by atoms with Gasteiger partial charge in [-0.2, -0.15) is 0 Å². The fraction of sp³-hybridized carbons (Fsp3) is 0.615. The van der Waals surface area contributed by atoms with Crippen LogP contribution < -0.4 is 15.4 Å². The quantitative estimate of drug-likeness (QED) is 0.808. The van der Waals surface area contributed by atoms with Gasteiger partial charge in [0.1, 0.15) is 0 Å². The van der Waals surface area contributed by atoms with Crippen molar-refractivity contribution in [1.82, 2.24) is 15.6 Å². The molecule has 0 amide bonds. The van der Waals surface area contributed by atoms with Crippen molar-refractivity contribution in [3.05, 3.63) is 23.9 Å². The van der Waals surface area contributed by atoms with Crippen molar-refractivity contribution in [3.8, 4) is 5.88 Å². The van der Waals surface area contributed by atoms with E-state index in [9.17, 15) is 0 Å². The summed E-state index contributed by atoms with van der Waals surface area (Å²) in [7, 11) is 1.63. The number of rotatable bonds is 5. The van der Waals surface area contributed by atoms with Crippen LogP contribution in [0.2, 0.25) is 0 Å². The first-order valence-corrected chi connectivity index (χ1v) is 6.31. The van der Waals surface area contributed by atoms with Gasteiger partial charge in [0.05, 0.1) is 7.11 Å². The van der Waals surface area contributed by atoms with Crippen molar-refractivity contribution in [3.63, 3.8) is 0 Å². The van der Waals surface area contributed by atoms with Crippen molar-refractivity contribution in [2.24, 2.45) is 0 Å². The monoisotopic (exact) mass is 235 g/mol. The molecular weight excluding hydrogens is 214 g/mol. The zero-order valence-electron chi connectivity index (χ0n) is 10.4. The Hall–Kier alpha value is -1.13. The second-order valence-electron chi connectivity index (χ2n) is 4.49. The number of hydrogen-bond donors (Lipinski definition) is 2. The number of nitrogens with one attached hydrogen (secondary N) is 2. The average molecular weight is 235 g/mol. The van der Waals surface area contributed by atoms with Crippen molar-refractivity contribution in [1.29, 1.82) is 0 Å². The molecule has 1 saturated heterocycles. The summed E-state index contributed by atoms with van der Waals surface area (Å²) in [5.74, 6) is 0.669. The highest BCUT2D eigenvalue weighted by atomic mass is 16.5. The molecule has 0 radical (unpaired) electrons. The van der Waals surface area contributed by atoms with Gasteiger partial charge in [0.2, 0.25) is 5.88 Å². The molecule has 0 bridgehead atoms. The van der Waals surface area contributed by atoms with Crippen molar-refractivity contribution in [2.75, 3.05) is 20.2 Å². The Morgan fingerprint density at radius 1 is 1.47 bits per heavy atom. The first-order chi connectivity index (χ1) is 8.38. The van der Waals surface area contributed by atoms with E-state index in [1.807, 2.05) is 18.3 Å². The number of aromatic nitrogens is 1. The van der Waals surface area contributed by atoms with Gasteiger partial charge in [-0.1, -0.05) is 12.5 Å². The third-order valence-corrected chi connectivity index (χ3v) is 3.14. The van der Waals surface area contributed by atoms with Gasteiger partial charge in [0.25, 0.3) is 0 Å². The molecule has 1 aliphatic heterocycles. The summed E-state index contributed by atoms with van der Waals surface area (Å²) < 4.78 is 5.03. The molecule has 1 aromatic rings. The lowest BCUT2D eigenvalue weighted by Crippen LogP contribution is -2.41. The SMILES string of the molecule is COc1ccc(CNCC2CCCCN2)cn1. The number of methoxy groups -OCH3 is 1. The molecule has 0 saturated carbocycles. The number of nitrogens with zero attached hydrogens (tertiary/aromatic N) is 1. The number of ether oxygens (including phenoxy) is 1. The van der Waals surface area contributed by atoms with Crippen LogP contribution in [0.5, 0.6) is 5.88 Å². The molecule has 0 aliphatic carbocycles. The molecule has 1 aromatic heterocycles. The Morgan fingerprint density at radius 3 is 3.06 bits per heavy atom. The maximum atomic E-state index is 5.03. The minimum atomic E-state index is 0.634. The van der Waals surface area contributed by atoms with E-state index in [0.29, 0.717) is 11.9 Å². The van der Waals surface area contributed by atoms with Crippen molar-refractivity contribution in [2.45, 2.75) is 31.8 Å². The minimum absolute atomic E-state index is 0.634. The molecule has 4 nitrogen and oxygen atoms in total. The van der Waals surface area contributed by atoms with Gasteiger partial charge in [-0.3, -0.25) is 0 Å². The van der Waals surface area contributed by atoms with Crippen LogP contribution in [0.25, 0.3) is 0 Å². The Morgan fingerprint density at radius 2 is 2.41 bits per heavy atom. The number of hydrogen-bond acceptors (Lipinski definition) is 4. The Bertz CT molecular complexity index is 320. The Balaban J connectivity index is 1.69. The highest BCUT2D eigenvalue weighted by Crippen LogP contribution is 2.08. The molecule has 4 heteroatoms. The van der Waals surface area contributed by atoms with Gasteiger partial charge in [0, 0.05) is 31.4 Å². The van der Waals surface area contributed by atoms with E-state index in [1.54, 1.807) is 7.11 Å². The molecular formula is C13H21N3O. The topological polar surface area (TPSA) is 46.2 Å². The summed E-state index contributed by atoms with van der Waals surface area (Å²) in [4.78, 5) is 4.18. The predicted octanol–water partition coefficient (Wildman–Crippen LogP) is 1.32. The molecule has 1 unspecified atom stereocenters. The van der Waals surface area contributed by atoms with E-state index in [4.69, 9.17) is 4.74 Å².